The standard InChI is InChI=1S/C27H34O2/c1-6-19(2)11-9-12-20(3)13-10-14-21(4)17-18-23-22(5)26(28)24-15-7-8-16-25(24)27(23)29/h7-8,11,13,15-17H,6,9-10,12,14,18H2,1-5H3/b19-11+,20-13+,21-17+. The molecule has 2 heteroatoms. The van der Waals surface area contributed by atoms with Crippen LogP contribution < -0.4 is 0 Å². The molecule has 0 heterocycles. The zero-order chi connectivity index (χ0) is 21.4. The Morgan fingerprint density at radius 3 is 1.90 bits per heavy atom. The number of hydrogen-bond donors (Lipinski definition) is 0. The summed E-state index contributed by atoms with van der Waals surface area (Å²) >= 11 is 0. The van der Waals surface area contributed by atoms with E-state index >= 15 is 0 Å². The minimum atomic E-state index is -0.0211. The van der Waals surface area contributed by atoms with E-state index in [1.165, 1.54) is 16.7 Å². The minimum absolute atomic E-state index is 0.00656. The van der Waals surface area contributed by atoms with Crippen LogP contribution in [0, 0.1) is 0 Å². The van der Waals surface area contributed by atoms with Crippen molar-refractivity contribution in [1.29, 1.82) is 0 Å². The Balaban J connectivity index is 1.93. The van der Waals surface area contributed by atoms with E-state index in [-0.39, 0.29) is 11.6 Å². The molecule has 0 saturated heterocycles. The first-order chi connectivity index (χ1) is 13.8. The number of carbonyl (C=O) groups excluding carboxylic acids is 2. The molecule has 29 heavy (non-hydrogen) atoms. The number of ketones is 2. The van der Waals surface area contributed by atoms with Gasteiger partial charge in [0.05, 0.1) is 0 Å². The maximum atomic E-state index is 12.8. The first kappa shape index (κ1) is 22.8. The Hall–Kier alpha value is -2.48. The van der Waals surface area contributed by atoms with Crippen molar-refractivity contribution in [3.8, 4) is 0 Å². The van der Waals surface area contributed by atoms with E-state index in [4.69, 9.17) is 0 Å². The second-order valence-electron chi connectivity index (χ2n) is 8.09. The quantitative estimate of drug-likeness (QED) is 0.407. The normalized spacial score (nSPS) is 15.8. The molecule has 1 aliphatic carbocycles. The number of fused-ring (bicyclic) bond motifs is 1. The van der Waals surface area contributed by atoms with Crippen LogP contribution in [0.15, 0.2) is 70.4 Å². The molecule has 2 nitrogen and oxygen atoms in total. The van der Waals surface area contributed by atoms with Gasteiger partial charge in [-0.25, -0.2) is 0 Å². The number of allylic oxidation sites excluding steroid dienone is 8. The molecule has 0 radical (unpaired) electrons. The Labute approximate surface area is 176 Å². The monoisotopic (exact) mass is 390 g/mol. The Kier molecular flexibility index (Phi) is 8.57. The summed E-state index contributed by atoms with van der Waals surface area (Å²) in [6.07, 6.45) is 12.6. The van der Waals surface area contributed by atoms with Crippen LogP contribution in [0.2, 0.25) is 0 Å². The molecule has 0 saturated carbocycles. The van der Waals surface area contributed by atoms with E-state index in [0.29, 0.717) is 28.7 Å². The number of benzene rings is 1. The highest BCUT2D eigenvalue weighted by atomic mass is 16.1. The van der Waals surface area contributed by atoms with Crippen LogP contribution in [-0.2, 0) is 0 Å². The van der Waals surface area contributed by atoms with E-state index in [9.17, 15) is 9.59 Å². The maximum Gasteiger partial charge on any atom is 0.190 e. The van der Waals surface area contributed by atoms with E-state index in [1.807, 2.05) is 12.1 Å². The molecule has 1 aromatic carbocycles. The Morgan fingerprint density at radius 1 is 0.793 bits per heavy atom. The van der Waals surface area contributed by atoms with Gasteiger partial charge in [-0.1, -0.05) is 66.1 Å². The highest BCUT2D eigenvalue weighted by Crippen LogP contribution is 2.28. The van der Waals surface area contributed by atoms with Gasteiger partial charge in [-0.15, -0.1) is 0 Å². The highest BCUT2D eigenvalue weighted by Gasteiger charge is 2.28. The number of Topliss-reactive ketones (excluding diaryl/α,β-unsaturated/α-hetero) is 2. The third-order valence-electron chi connectivity index (χ3n) is 5.76. The van der Waals surface area contributed by atoms with Crippen LogP contribution in [-0.4, -0.2) is 11.6 Å². The number of hydrogen-bond acceptors (Lipinski definition) is 2. The first-order valence-electron chi connectivity index (χ1n) is 10.7. The van der Waals surface area contributed by atoms with Crippen molar-refractivity contribution in [2.24, 2.45) is 0 Å². The lowest BCUT2D eigenvalue weighted by Gasteiger charge is -2.18. The highest BCUT2D eigenvalue weighted by molar-refractivity contribution is 6.26. The van der Waals surface area contributed by atoms with Gasteiger partial charge in [-0.3, -0.25) is 9.59 Å². The summed E-state index contributed by atoms with van der Waals surface area (Å²) in [7, 11) is 0. The van der Waals surface area contributed by atoms with Crippen molar-refractivity contribution in [3.05, 3.63) is 81.5 Å². The van der Waals surface area contributed by atoms with Gasteiger partial charge in [0, 0.05) is 22.3 Å². The lowest BCUT2D eigenvalue weighted by Crippen LogP contribution is -2.20. The first-order valence-corrected chi connectivity index (χ1v) is 10.7. The van der Waals surface area contributed by atoms with Crippen molar-refractivity contribution >= 4 is 11.6 Å². The van der Waals surface area contributed by atoms with Gasteiger partial charge in [0.2, 0.25) is 0 Å². The topological polar surface area (TPSA) is 34.1 Å². The molecular weight excluding hydrogens is 356 g/mol. The summed E-state index contributed by atoms with van der Waals surface area (Å²) in [5.41, 5.74) is 6.44. The predicted molar refractivity (Wildman–Crippen MR) is 122 cm³/mol. The number of rotatable bonds is 9. The van der Waals surface area contributed by atoms with Gasteiger partial charge >= 0.3 is 0 Å². The van der Waals surface area contributed by atoms with E-state index in [1.54, 1.807) is 19.1 Å². The van der Waals surface area contributed by atoms with Gasteiger partial charge in [0.15, 0.2) is 11.6 Å². The minimum Gasteiger partial charge on any atom is -0.289 e. The smallest absolute Gasteiger partial charge is 0.190 e. The third-order valence-corrected chi connectivity index (χ3v) is 5.76. The molecule has 0 bridgehead atoms. The maximum absolute atomic E-state index is 12.8. The molecule has 0 N–H and O–H groups in total. The predicted octanol–water partition coefficient (Wildman–Crippen LogP) is 7.58. The van der Waals surface area contributed by atoms with E-state index in [0.717, 1.165) is 32.1 Å². The summed E-state index contributed by atoms with van der Waals surface area (Å²) in [5, 5.41) is 0. The Morgan fingerprint density at radius 2 is 1.31 bits per heavy atom. The van der Waals surface area contributed by atoms with Crippen LogP contribution in [0.5, 0.6) is 0 Å². The average molecular weight is 391 g/mol. The number of carbonyl (C=O) groups is 2. The molecule has 1 aromatic rings. The summed E-state index contributed by atoms with van der Waals surface area (Å²) in [4.78, 5) is 25.4. The van der Waals surface area contributed by atoms with Gasteiger partial charge in [0.1, 0.15) is 0 Å². The van der Waals surface area contributed by atoms with Crippen LogP contribution in [0.3, 0.4) is 0 Å². The third kappa shape index (κ3) is 6.25. The van der Waals surface area contributed by atoms with Crippen molar-refractivity contribution in [1.82, 2.24) is 0 Å². The van der Waals surface area contributed by atoms with Crippen LogP contribution in [0.25, 0.3) is 0 Å². The molecule has 0 aliphatic heterocycles. The zero-order valence-corrected chi connectivity index (χ0v) is 18.6. The van der Waals surface area contributed by atoms with E-state index < -0.39 is 0 Å². The molecule has 1 aliphatic rings. The summed E-state index contributed by atoms with van der Waals surface area (Å²) in [6, 6.07) is 7.12. The van der Waals surface area contributed by atoms with E-state index in [2.05, 4.69) is 45.9 Å². The average Bonchev–Trinajstić information content (AvgIpc) is 2.72. The second-order valence-corrected chi connectivity index (χ2v) is 8.09. The van der Waals surface area contributed by atoms with Gasteiger partial charge in [-0.05, 0) is 66.2 Å². The second kappa shape index (κ2) is 10.9. The molecular formula is C27H34O2. The fourth-order valence-electron chi connectivity index (χ4n) is 3.51. The molecule has 2 rings (SSSR count). The molecule has 0 amide bonds. The van der Waals surface area contributed by atoms with Gasteiger partial charge in [-0.2, -0.15) is 0 Å². The van der Waals surface area contributed by atoms with Crippen LogP contribution in [0.1, 0.15) is 93.9 Å². The summed E-state index contributed by atoms with van der Waals surface area (Å²) < 4.78 is 0. The largest absolute Gasteiger partial charge is 0.289 e. The Bertz CT molecular complexity index is 891. The summed E-state index contributed by atoms with van der Waals surface area (Å²) in [6.45, 7) is 10.5. The van der Waals surface area contributed by atoms with Gasteiger partial charge in [0.25, 0.3) is 0 Å². The lowest BCUT2D eigenvalue weighted by molar-refractivity contribution is 0.0973. The lowest BCUT2D eigenvalue weighted by atomic mass is 9.83. The van der Waals surface area contributed by atoms with Gasteiger partial charge < -0.3 is 0 Å². The van der Waals surface area contributed by atoms with Crippen LogP contribution >= 0.6 is 0 Å². The SMILES string of the molecule is CC/C(C)=C/CC/C(C)=C/CC/C(C)=C/CC1=C(C)C(=O)c2ccccc2C1=O. The molecule has 0 aromatic heterocycles. The van der Waals surface area contributed by atoms with Crippen molar-refractivity contribution in [2.45, 2.75) is 73.1 Å². The van der Waals surface area contributed by atoms with Crippen LogP contribution in [0.4, 0.5) is 0 Å². The summed E-state index contributed by atoms with van der Waals surface area (Å²) in [5.74, 6) is -0.0277. The molecule has 0 fully saturated rings. The van der Waals surface area contributed by atoms with Crippen molar-refractivity contribution in [2.75, 3.05) is 0 Å². The van der Waals surface area contributed by atoms with Crippen molar-refractivity contribution in [3.63, 3.8) is 0 Å². The fraction of sp³-hybridized carbons (Fsp3) is 0.407. The molecule has 0 atom stereocenters. The van der Waals surface area contributed by atoms with Crippen molar-refractivity contribution < 1.29 is 9.59 Å². The molecule has 0 unspecified atom stereocenters. The molecule has 154 valence electrons. The molecule has 0 spiro atoms. The zero-order valence-electron chi connectivity index (χ0n) is 18.6. The fourth-order valence-corrected chi connectivity index (χ4v) is 3.51.